The number of hydrogen-bond acceptors (Lipinski definition) is 6. The van der Waals surface area contributed by atoms with E-state index in [1.165, 1.54) is 0 Å². The van der Waals surface area contributed by atoms with Gasteiger partial charge in [-0.1, -0.05) is 19.0 Å². The third-order valence-corrected chi connectivity index (χ3v) is 4.22. The smallest absolute Gasteiger partial charge is 0.276 e. The minimum absolute atomic E-state index is 0.0525. The van der Waals surface area contributed by atoms with Crippen LogP contribution in [0.4, 0.5) is 5.82 Å². The van der Waals surface area contributed by atoms with E-state index < -0.39 is 0 Å². The molecular formula is C18H24N4O3. The Balaban J connectivity index is 1.64. The number of carbonyl (C=O) groups is 1. The fourth-order valence-corrected chi connectivity index (χ4v) is 2.82. The predicted molar refractivity (Wildman–Crippen MR) is 94.1 cm³/mol. The molecule has 0 spiro atoms. The van der Waals surface area contributed by atoms with Gasteiger partial charge in [0.15, 0.2) is 17.3 Å². The number of anilines is 1. The number of likely N-dealkylation sites (tertiary alicyclic amines) is 1. The zero-order valence-electron chi connectivity index (χ0n) is 15.1. The van der Waals surface area contributed by atoms with Gasteiger partial charge in [-0.3, -0.25) is 4.79 Å². The van der Waals surface area contributed by atoms with Gasteiger partial charge in [0.1, 0.15) is 11.9 Å². The lowest BCUT2D eigenvalue weighted by molar-refractivity contribution is 0.0762. The summed E-state index contributed by atoms with van der Waals surface area (Å²) in [7, 11) is 3.85. The molecule has 1 atom stereocenters. The van der Waals surface area contributed by atoms with Crippen LogP contribution in [0.15, 0.2) is 28.9 Å². The van der Waals surface area contributed by atoms with Crippen LogP contribution in [-0.4, -0.2) is 54.2 Å². The van der Waals surface area contributed by atoms with Crippen molar-refractivity contribution in [2.45, 2.75) is 32.3 Å². The third-order valence-electron chi connectivity index (χ3n) is 4.22. The van der Waals surface area contributed by atoms with Gasteiger partial charge < -0.3 is 19.1 Å². The van der Waals surface area contributed by atoms with Gasteiger partial charge in [-0.15, -0.1) is 0 Å². The third kappa shape index (κ3) is 3.75. The largest absolute Gasteiger partial charge is 0.485 e. The Kier molecular flexibility index (Phi) is 4.92. The summed E-state index contributed by atoms with van der Waals surface area (Å²) in [6, 6.07) is 5.48. The fourth-order valence-electron chi connectivity index (χ4n) is 2.82. The summed E-state index contributed by atoms with van der Waals surface area (Å²) in [6.07, 6.45) is 2.47. The van der Waals surface area contributed by atoms with Crippen LogP contribution in [-0.2, 0) is 0 Å². The van der Waals surface area contributed by atoms with Gasteiger partial charge in [-0.25, -0.2) is 4.98 Å². The molecule has 7 nitrogen and oxygen atoms in total. The number of carbonyl (C=O) groups excluding carboxylic acids is 1. The highest BCUT2D eigenvalue weighted by molar-refractivity contribution is 5.92. The maximum atomic E-state index is 12.6. The Morgan fingerprint density at radius 1 is 1.44 bits per heavy atom. The summed E-state index contributed by atoms with van der Waals surface area (Å²) in [5.41, 5.74) is 0.361. The van der Waals surface area contributed by atoms with Crippen LogP contribution in [0.25, 0.3) is 0 Å². The molecule has 0 radical (unpaired) electrons. The number of amides is 1. The first kappa shape index (κ1) is 17.3. The van der Waals surface area contributed by atoms with Crippen LogP contribution >= 0.6 is 0 Å². The molecule has 134 valence electrons. The summed E-state index contributed by atoms with van der Waals surface area (Å²) in [4.78, 5) is 20.6. The highest BCUT2D eigenvalue weighted by Crippen LogP contribution is 2.27. The van der Waals surface area contributed by atoms with Gasteiger partial charge in [0.25, 0.3) is 5.91 Å². The molecule has 2 aromatic heterocycles. The molecular weight excluding hydrogens is 320 g/mol. The van der Waals surface area contributed by atoms with Gasteiger partial charge in [0.05, 0.1) is 6.54 Å². The van der Waals surface area contributed by atoms with Crippen LogP contribution in [0.2, 0.25) is 0 Å². The molecule has 1 saturated heterocycles. The lowest BCUT2D eigenvalue weighted by atomic mass is 10.1. The predicted octanol–water partition coefficient (Wildman–Crippen LogP) is 2.55. The van der Waals surface area contributed by atoms with Crippen molar-refractivity contribution in [2.24, 2.45) is 0 Å². The van der Waals surface area contributed by atoms with E-state index in [-0.39, 0.29) is 17.9 Å². The minimum Gasteiger partial charge on any atom is -0.485 e. The normalized spacial score (nSPS) is 17.2. The molecule has 7 heteroatoms. The summed E-state index contributed by atoms with van der Waals surface area (Å²) >= 11 is 0. The second-order valence-corrected chi connectivity index (χ2v) is 6.77. The topological polar surface area (TPSA) is 71.7 Å². The van der Waals surface area contributed by atoms with Crippen molar-refractivity contribution in [1.82, 2.24) is 15.0 Å². The fraction of sp³-hybridized carbons (Fsp3) is 0.500. The van der Waals surface area contributed by atoms with Crippen molar-refractivity contribution >= 4 is 11.7 Å². The lowest BCUT2D eigenvalue weighted by Gasteiger charge is -2.20. The molecule has 0 aromatic carbocycles. The van der Waals surface area contributed by atoms with Crippen molar-refractivity contribution in [3.05, 3.63) is 35.9 Å². The van der Waals surface area contributed by atoms with Crippen LogP contribution in [0, 0.1) is 0 Å². The van der Waals surface area contributed by atoms with Crippen LogP contribution in [0.3, 0.4) is 0 Å². The SMILES string of the molecule is CC(C)c1cc(C(=O)N2CC[C@H](Oc3cccnc3N(C)C)C2)no1. The van der Waals surface area contributed by atoms with Gasteiger partial charge in [-0.05, 0) is 12.1 Å². The van der Waals surface area contributed by atoms with Gasteiger partial charge in [0.2, 0.25) is 0 Å². The first-order valence-electron chi connectivity index (χ1n) is 8.50. The van der Waals surface area contributed by atoms with Gasteiger partial charge in [0, 0.05) is 45.2 Å². The lowest BCUT2D eigenvalue weighted by Crippen LogP contribution is -2.31. The van der Waals surface area contributed by atoms with Crippen molar-refractivity contribution in [3.63, 3.8) is 0 Å². The van der Waals surface area contributed by atoms with Crippen LogP contribution in [0.5, 0.6) is 5.75 Å². The van der Waals surface area contributed by atoms with Crippen molar-refractivity contribution in [1.29, 1.82) is 0 Å². The number of rotatable bonds is 5. The highest BCUT2D eigenvalue weighted by Gasteiger charge is 2.30. The second kappa shape index (κ2) is 7.13. The number of nitrogens with zero attached hydrogens (tertiary/aromatic N) is 4. The van der Waals surface area contributed by atoms with E-state index in [0.29, 0.717) is 18.8 Å². The molecule has 0 aliphatic carbocycles. The molecule has 1 amide bonds. The van der Waals surface area contributed by atoms with Crippen LogP contribution in [0.1, 0.15) is 42.4 Å². The Morgan fingerprint density at radius 2 is 2.24 bits per heavy atom. The summed E-state index contributed by atoms with van der Waals surface area (Å²) < 4.78 is 11.3. The van der Waals surface area contributed by atoms with E-state index >= 15 is 0 Å². The Bertz CT molecular complexity index is 741. The minimum atomic E-state index is -0.110. The molecule has 0 N–H and O–H groups in total. The average molecular weight is 344 g/mol. The number of aromatic nitrogens is 2. The maximum Gasteiger partial charge on any atom is 0.276 e. The van der Waals surface area contributed by atoms with Crippen LogP contribution < -0.4 is 9.64 Å². The maximum absolute atomic E-state index is 12.6. The molecule has 1 fully saturated rings. The Hall–Kier alpha value is -2.57. The summed E-state index contributed by atoms with van der Waals surface area (Å²) in [5.74, 6) is 2.33. The van der Waals surface area contributed by atoms with E-state index in [9.17, 15) is 4.79 Å². The van der Waals surface area contributed by atoms with Crippen molar-refractivity contribution < 1.29 is 14.1 Å². The molecule has 0 unspecified atom stereocenters. The zero-order chi connectivity index (χ0) is 18.0. The monoisotopic (exact) mass is 344 g/mol. The number of ether oxygens (including phenoxy) is 1. The summed E-state index contributed by atoms with van der Waals surface area (Å²) in [5, 5.41) is 3.90. The standard InChI is InChI=1S/C18H24N4O3/c1-12(2)16-10-14(20-25-16)18(23)22-9-7-13(11-22)24-15-6-5-8-19-17(15)21(3)4/h5-6,8,10,12-13H,7,9,11H2,1-4H3/t13-/m0/s1. The van der Waals surface area contributed by atoms with E-state index in [1.54, 1.807) is 17.2 Å². The molecule has 2 aromatic rings. The molecule has 0 saturated carbocycles. The average Bonchev–Trinajstić information content (AvgIpc) is 3.24. The Morgan fingerprint density at radius 3 is 2.92 bits per heavy atom. The van der Waals surface area contributed by atoms with Crippen molar-refractivity contribution in [3.8, 4) is 5.75 Å². The summed E-state index contributed by atoms with van der Waals surface area (Å²) in [6.45, 7) is 5.19. The molecule has 3 heterocycles. The van der Waals surface area contributed by atoms with E-state index in [2.05, 4.69) is 10.1 Å². The van der Waals surface area contributed by atoms with E-state index in [4.69, 9.17) is 9.26 Å². The quantitative estimate of drug-likeness (QED) is 0.830. The number of hydrogen-bond donors (Lipinski definition) is 0. The number of pyridine rings is 1. The first-order valence-corrected chi connectivity index (χ1v) is 8.50. The highest BCUT2D eigenvalue weighted by atomic mass is 16.5. The molecule has 1 aliphatic rings. The van der Waals surface area contributed by atoms with E-state index in [0.717, 1.165) is 23.7 Å². The molecule has 1 aliphatic heterocycles. The second-order valence-electron chi connectivity index (χ2n) is 6.77. The van der Waals surface area contributed by atoms with Crippen molar-refractivity contribution in [2.75, 3.05) is 32.1 Å². The molecule has 0 bridgehead atoms. The molecule has 3 rings (SSSR count). The Labute approximate surface area is 147 Å². The van der Waals surface area contributed by atoms with Gasteiger partial charge >= 0.3 is 0 Å². The molecule has 25 heavy (non-hydrogen) atoms. The zero-order valence-corrected chi connectivity index (χ0v) is 15.1. The van der Waals surface area contributed by atoms with E-state index in [1.807, 2.05) is 45.0 Å². The first-order chi connectivity index (χ1) is 12.0. The van der Waals surface area contributed by atoms with Gasteiger partial charge in [-0.2, -0.15) is 0 Å².